The van der Waals surface area contributed by atoms with Crippen LogP contribution < -0.4 is 5.56 Å². The van der Waals surface area contributed by atoms with Gasteiger partial charge in [0.2, 0.25) is 0 Å². The van der Waals surface area contributed by atoms with E-state index in [-0.39, 0.29) is 5.56 Å². The highest BCUT2D eigenvalue weighted by molar-refractivity contribution is 7.71. The number of aryl methyl sites for hydroxylation is 2. The van der Waals surface area contributed by atoms with Crippen LogP contribution in [0.1, 0.15) is 55.5 Å². The highest BCUT2D eigenvalue weighted by Gasteiger charge is 2.39. The van der Waals surface area contributed by atoms with E-state index in [2.05, 4.69) is 11.9 Å². The summed E-state index contributed by atoms with van der Waals surface area (Å²) in [6.45, 7) is 2.21. The average molecular weight is 320 g/mol. The van der Waals surface area contributed by atoms with E-state index < -0.39 is 0 Å². The van der Waals surface area contributed by atoms with Gasteiger partial charge in [0, 0.05) is 10.9 Å². The Balaban J connectivity index is 1.89. The molecule has 2 aromatic heterocycles. The van der Waals surface area contributed by atoms with Crippen molar-refractivity contribution in [2.24, 2.45) is 5.92 Å². The zero-order valence-corrected chi connectivity index (χ0v) is 13.9. The molecule has 2 atom stereocenters. The minimum atomic E-state index is 0.164. The molecule has 2 aromatic rings. The second-order valence-electron chi connectivity index (χ2n) is 6.37. The lowest BCUT2D eigenvalue weighted by molar-refractivity contribution is 0.585. The van der Waals surface area contributed by atoms with Crippen LogP contribution >= 0.6 is 23.6 Å². The number of hydrogen-bond donors (Lipinski definition) is 1. The zero-order valence-electron chi connectivity index (χ0n) is 12.3. The fourth-order valence-electron chi connectivity index (χ4n) is 3.78. The molecule has 0 radical (unpaired) electrons. The molecule has 2 heterocycles. The van der Waals surface area contributed by atoms with Crippen LogP contribution in [0.5, 0.6) is 0 Å². The number of nitrogens with one attached hydrogen (secondary N) is 1. The largest absolute Gasteiger partial charge is 0.323 e. The third-order valence-electron chi connectivity index (χ3n) is 4.92. The normalized spacial score (nSPS) is 24.2. The molecule has 4 rings (SSSR count). The number of H-pyrrole nitrogens is 1. The summed E-state index contributed by atoms with van der Waals surface area (Å²) in [5.74, 6) is 0.648. The Hall–Kier alpha value is -0.940. The zero-order chi connectivity index (χ0) is 14.6. The number of fused-ring (bicyclic) bond motifs is 3. The fraction of sp³-hybridized carbons (Fsp3) is 0.625. The van der Waals surface area contributed by atoms with Crippen LogP contribution in [-0.4, -0.2) is 9.55 Å². The first-order valence-corrected chi connectivity index (χ1v) is 9.22. The van der Waals surface area contributed by atoms with Gasteiger partial charge in [-0.3, -0.25) is 9.36 Å². The molecule has 112 valence electrons. The smallest absolute Gasteiger partial charge is 0.263 e. The van der Waals surface area contributed by atoms with E-state index in [4.69, 9.17) is 12.2 Å². The van der Waals surface area contributed by atoms with E-state index >= 15 is 0 Å². The van der Waals surface area contributed by atoms with E-state index in [1.165, 1.54) is 36.1 Å². The summed E-state index contributed by atoms with van der Waals surface area (Å²) in [5, 5.41) is 0.936. The molecule has 3 nitrogen and oxygen atoms in total. The highest BCUT2D eigenvalue weighted by atomic mass is 32.1. The summed E-state index contributed by atoms with van der Waals surface area (Å²) in [7, 11) is 0. The molecule has 1 fully saturated rings. The van der Waals surface area contributed by atoms with Crippen LogP contribution in [0.15, 0.2) is 4.79 Å². The van der Waals surface area contributed by atoms with Crippen molar-refractivity contribution in [2.45, 2.75) is 57.9 Å². The molecule has 2 aliphatic rings. The van der Waals surface area contributed by atoms with Gasteiger partial charge < -0.3 is 4.98 Å². The van der Waals surface area contributed by atoms with Gasteiger partial charge in [0.25, 0.3) is 5.56 Å². The fourth-order valence-corrected chi connectivity index (χ4v) is 5.45. The average Bonchev–Trinajstić information content (AvgIpc) is 3.10. The summed E-state index contributed by atoms with van der Waals surface area (Å²) in [6, 6.07) is 0.338. The molecule has 0 aromatic carbocycles. The van der Waals surface area contributed by atoms with Crippen LogP contribution in [0.25, 0.3) is 10.2 Å². The Labute approximate surface area is 133 Å². The minimum absolute atomic E-state index is 0.164. The van der Waals surface area contributed by atoms with Crippen molar-refractivity contribution < 1.29 is 0 Å². The first kappa shape index (κ1) is 13.7. The second kappa shape index (κ2) is 5.06. The quantitative estimate of drug-likeness (QED) is 0.853. The topological polar surface area (TPSA) is 37.8 Å². The maximum Gasteiger partial charge on any atom is 0.263 e. The number of aromatic nitrogens is 2. The first-order valence-electron chi connectivity index (χ1n) is 7.99. The van der Waals surface area contributed by atoms with Gasteiger partial charge in [0.1, 0.15) is 4.83 Å². The number of nitrogens with zero attached hydrogens (tertiary/aromatic N) is 1. The molecule has 0 amide bonds. The summed E-state index contributed by atoms with van der Waals surface area (Å²) >= 11 is 7.22. The van der Waals surface area contributed by atoms with Crippen LogP contribution in [0.3, 0.4) is 0 Å². The minimum Gasteiger partial charge on any atom is -0.323 e. The molecule has 0 aliphatic heterocycles. The standard InChI is InChI=1S/C16H20N2OS2/c1-2-5-9-8-11(9)18-15(19)13-10-6-3-4-7-12(10)21-14(13)17-16(18)20/h9,11H,2-8H2,1H3,(H,17,20). The third kappa shape index (κ3) is 2.13. The van der Waals surface area contributed by atoms with Crippen LogP contribution in [0.2, 0.25) is 0 Å². The van der Waals surface area contributed by atoms with Gasteiger partial charge >= 0.3 is 0 Å². The summed E-state index contributed by atoms with van der Waals surface area (Å²) < 4.78 is 2.49. The van der Waals surface area contributed by atoms with Gasteiger partial charge in [0.05, 0.1) is 5.39 Å². The molecule has 0 saturated heterocycles. The Kier molecular flexibility index (Phi) is 3.30. The predicted octanol–water partition coefficient (Wildman–Crippen LogP) is 4.36. The number of aromatic amines is 1. The first-order chi connectivity index (χ1) is 10.2. The summed E-state index contributed by atoms with van der Waals surface area (Å²) in [5.41, 5.74) is 1.47. The van der Waals surface area contributed by atoms with Crippen LogP contribution in [-0.2, 0) is 12.8 Å². The molecule has 2 unspecified atom stereocenters. The van der Waals surface area contributed by atoms with Crippen molar-refractivity contribution in [3.63, 3.8) is 0 Å². The Morgan fingerprint density at radius 1 is 1.38 bits per heavy atom. The molecular formula is C16H20N2OS2. The highest BCUT2D eigenvalue weighted by Crippen LogP contribution is 2.46. The molecular weight excluding hydrogens is 300 g/mol. The number of rotatable bonds is 3. The van der Waals surface area contributed by atoms with Crippen LogP contribution in [0.4, 0.5) is 0 Å². The lowest BCUT2D eigenvalue weighted by Gasteiger charge is -2.11. The molecule has 5 heteroatoms. The number of hydrogen-bond acceptors (Lipinski definition) is 3. The SMILES string of the molecule is CCCC1CC1n1c(=S)[nH]c2sc3c(c2c1=O)CCCC3. The Bertz CT molecular complexity index is 814. The monoisotopic (exact) mass is 320 g/mol. The van der Waals surface area contributed by atoms with E-state index in [1.54, 1.807) is 11.3 Å². The van der Waals surface area contributed by atoms with Crippen molar-refractivity contribution in [2.75, 3.05) is 0 Å². The Morgan fingerprint density at radius 3 is 3.00 bits per heavy atom. The van der Waals surface area contributed by atoms with E-state index in [1.807, 2.05) is 4.57 Å². The lowest BCUT2D eigenvalue weighted by Crippen LogP contribution is -2.22. The molecule has 2 aliphatic carbocycles. The molecule has 1 N–H and O–H groups in total. The van der Waals surface area contributed by atoms with Gasteiger partial charge in [-0.25, -0.2) is 0 Å². The van der Waals surface area contributed by atoms with E-state index in [0.29, 0.717) is 16.7 Å². The van der Waals surface area contributed by atoms with Gasteiger partial charge in [-0.05, 0) is 62.2 Å². The maximum atomic E-state index is 13.0. The molecule has 0 spiro atoms. The van der Waals surface area contributed by atoms with Crippen molar-refractivity contribution in [3.8, 4) is 0 Å². The molecule has 21 heavy (non-hydrogen) atoms. The van der Waals surface area contributed by atoms with Gasteiger partial charge in [-0.1, -0.05) is 13.3 Å². The Morgan fingerprint density at radius 2 is 2.19 bits per heavy atom. The van der Waals surface area contributed by atoms with Crippen LogP contribution in [0, 0.1) is 10.7 Å². The van der Waals surface area contributed by atoms with Gasteiger partial charge in [0.15, 0.2) is 4.77 Å². The maximum absolute atomic E-state index is 13.0. The summed E-state index contributed by atoms with van der Waals surface area (Å²) in [6.07, 6.45) is 8.12. The van der Waals surface area contributed by atoms with Crippen molar-refractivity contribution in [1.29, 1.82) is 0 Å². The number of thiophene rings is 1. The van der Waals surface area contributed by atoms with E-state index in [0.717, 1.165) is 29.5 Å². The summed E-state index contributed by atoms with van der Waals surface area (Å²) in [4.78, 5) is 18.7. The lowest BCUT2D eigenvalue weighted by atomic mass is 9.97. The molecule has 0 bridgehead atoms. The van der Waals surface area contributed by atoms with Crippen molar-refractivity contribution in [1.82, 2.24) is 9.55 Å². The van der Waals surface area contributed by atoms with Gasteiger partial charge in [-0.2, -0.15) is 0 Å². The van der Waals surface area contributed by atoms with Crippen molar-refractivity contribution in [3.05, 3.63) is 25.6 Å². The predicted molar refractivity (Wildman–Crippen MR) is 90.0 cm³/mol. The molecule has 1 saturated carbocycles. The van der Waals surface area contributed by atoms with Gasteiger partial charge in [-0.15, -0.1) is 11.3 Å². The second-order valence-corrected chi connectivity index (χ2v) is 7.86. The third-order valence-corrected chi connectivity index (χ3v) is 6.43. The van der Waals surface area contributed by atoms with E-state index in [9.17, 15) is 4.79 Å². The van der Waals surface area contributed by atoms with Crippen molar-refractivity contribution >= 4 is 33.8 Å².